The molecule has 0 unspecified atom stereocenters. The molecule has 0 spiro atoms. The van der Waals surface area contributed by atoms with Gasteiger partial charge in [-0.05, 0) is 68.7 Å². The van der Waals surface area contributed by atoms with Crippen LogP contribution < -0.4 is 19.7 Å². The second kappa shape index (κ2) is 9.03. The van der Waals surface area contributed by atoms with E-state index in [1.54, 1.807) is 7.11 Å². The van der Waals surface area contributed by atoms with Gasteiger partial charge in [0, 0.05) is 41.6 Å². The molecular formula is C24H27N3O3. The third kappa shape index (κ3) is 4.64. The van der Waals surface area contributed by atoms with Crippen LogP contribution in [0.15, 0.2) is 48.5 Å². The first-order valence-corrected chi connectivity index (χ1v) is 10.4. The zero-order chi connectivity index (χ0) is 20.9. The zero-order valence-electron chi connectivity index (χ0n) is 17.5. The van der Waals surface area contributed by atoms with Gasteiger partial charge in [-0.25, -0.2) is 0 Å². The van der Waals surface area contributed by atoms with E-state index in [4.69, 9.17) is 9.47 Å². The Balaban J connectivity index is 1.40. The van der Waals surface area contributed by atoms with Gasteiger partial charge in [-0.2, -0.15) is 0 Å². The number of methoxy groups -OCH3 is 1. The molecule has 0 radical (unpaired) electrons. The number of nitrogens with zero attached hydrogens (tertiary/aromatic N) is 2. The minimum absolute atomic E-state index is 0.0797. The topological polar surface area (TPSA) is 63.7 Å². The minimum Gasteiger partial charge on any atom is -0.497 e. The Morgan fingerprint density at radius 3 is 2.57 bits per heavy atom. The molecule has 2 aromatic carbocycles. The van der Waals surface area contributed by atoms with E-state index in [9.17, 15) is 4.79 Å². The standard InChI is InChI=1S/C24H27N3O3/c1-17-14-23(21-15-20(29-2)10-11-22(21)25-17)30-16-24(28)26-18-6-8-19(9-7-18)27-12-4-3-5-13-27/h6-11,14-15H,3-5,12-13,16H2,1-2H3,(H,26,28). The fourth-order valence-electron chi connectivity index (χ4n) is 3.79. The molecule has 1 amide bonds. The van der Waals surface area contributed by atoms with Gasteiger partial charge in [-0.1, -0.05) is 0 Å². The molecular weight excluding hydrogens is 378 g/mol. The van der Waals surface area contributed by atoms with E-state index in [-0.39, 0.29) is 12.5 Å². The van der Waals surface area contributed by atoms with Crippen LogP contribution in [0.4, 0.5) is 11.4 Å². The van der Waals surface area contributed by atoms with E-state index in [1.165, 1.54) is 24.9 Å². The van der Waals surface area contributed by atoms with E-state index in [1.807, 2.05) is 43.3 Å². The van der Waals surface area contributed by atoms with Crippen LogP contribution in [0.3, 0.4) is 0 Å². The molecule has 0 aliphatic carbocycles. The Morgan fingerprint density at radius 2 is 1.83 bits per heavy atom. The second-order valence-electron chi connectivity index (χ2n) is 7.58. The van der Waals surface area contributed by atoms with Crippen LogP contribution in [-0.4, -0.2) is 37.7 Å². The first kappa shape index (κ1) is 20.0. The van der Waals surface area contributed by atoms with Gasteiger partial charge in [0.05, 0.1) is 12.6 Å². The Labute approximate surface area is 176 Å². The Hall–Kier alpha value is -3.28. The molecule has 2 heterocycles. The summed E-state index contributed by atoms with van der Waals surface area (Å²) in [5.74, 6) is 1.13. The van der Waals surface area contributed by atoms with Crippen LogP contribution in [0.2, 0.25) is 0 Å². The van der Waals surface area contributed by atoms with Crippen molar-refractivity contribution in [2.45, 2.75) is 26.2 Å². The highest BCUT2D eigenvalue weighted by atomic mass is 16.5. The largest absolute Gasteiger partial charge is 0.497 e. The number of piperidine rings is 1. The number of rotatable bonds is 6. The fraction of sp³-hybridized carbons (Fsp3) is 0.333. The smallest absolute Gasteiger partial charge is 0.262 e. The average molecular weight is 405 g/mol. The number of carbonyl (C=O) groups is 1. The third-order valence-corrected chi connectivity index (χ3v) is 5.34. The number of hydrogen-bond donors (Lipinski definition) is 1. The van der Waals surface area contributed by atoms with E-state index in [2.05, 4.69) is 27.3 Å². The molecule has 1 fully saturated rings. The maximum Gasteiger partial charge on any atom is 0.262 e. The number of fused-ring (bicyclic) bond motifs is 1. The van der Waals surface area contributed by atoms with Gasteiger partial charge < -0.3 is 19.7 Å². The van der Waals surface area contributed by atoms with Gasteiger partial charge in [0.25, 0.3) is 5.91 Å². The number of ether oxygens (including phenoxy) is 2. The van der Waals surface area contributed by atoms with E-state index < -0.39 is 0 Å². The molecule has 30 heavy (non-hydrogen) atoms. The lowest BCUT2D eigenvalue weighted by molar-refractivity contribution is -0.118. The van der Waals surface area contributed by atoms with Crippen molar-refractivity contribution in [2.24, 2.45) is 0 Å². The van der Waals surface area contributed by atoms with Crippen molar-refractivity contribution < 1.29 is 14.3 Å². The summed E-state index contributed by atoms with van der Waals surface area (Å²) >= 11 is 0. The van der Waals surface area contributed by atoms with Crippen molar-refractivity contribution in [3.8, 4) is 11.5 Å². The fourth-order valence-corrected chi connectivity index (χ4v) is 3.79. The highest BCUT2D eigenvalue weighted by Gasteiger charge is 2.12. The molecule has 3 aromatic rings. The van der Waals surface area contributed by atoms with Crippen molar-refractivity contribution in [2.75, 3.05) is 37.0 Å². The summed E-state index contributed by atoms with van der Waals surface area (Å²) in [6, 6.07) is 15.5. The van der Waals surface area contributed by atoms with Gasteiger partial charge in [-0.3, -0.25) is 9.78 Å². The van der Waals surface area contributed by atoms with Crippen LogP contribution >= 0.6 is 0 Å². The quantitative estimate of drug-likeness (QED) is 0.651. The summed E-state index contributed by atoms with van der Waals surface area (Å²) in [7, 11) is 1.62. The van der Waals surface area contributed by atoms with Crippen LogP contribution in [0, 0.1) is 6.92 Å². The lowest BCUT2D eigenvalue weighted by Gasteiger charge is -2.28. The van der Waals surface area contributed by atoms with Crippen molar-refractivity contribution in [1.82, 2.24) is 4.98 Å². The van der Waals surface area contributed by atoms with E-state index in [0.29, 0.717) is 5.75 Å². The molecule has 1 aliphatic rings. The van der Waals surface area contributed by atoms with Crippen molar-refractivity contribution in [3.63, 3.8) is 0 Å². The lowest BCUT2D eigenvalue weighted by Crippen LogP contribution is -2.29. The first-order chi connectivity index (χ1) is 14.6. The van der Waals surface area contributed by atoms with Gasteiger partial charge in [-0.15, -0.1) is 0 Å². The van der Waals surface area contributed by atoms with Gasteiger partial charge in [0.2, 0.25) is 0 Å². The summed E-state index contributed by atoms with van der Waals surface area (Å²) in [5, 5.41) is 3.72. The SMILES string of the molecule is COc1ccc2nc(C)cc(OCC(=O)Nc3ccc(N4CCCCC4)cc3)c2c1. The summed E-state index contributed by atoms with van der Waals surface area (Å²) in [6.07, 6.45) is 3.79. The number of benzene rings is 2. The molecule has 1 aliphatic heterocycles. The number of nitrogens with one attached hydrogen (secondary N) is 1. The average Bonchev–Trinajstić information content (AvgIpc) is 2.78. The molecule has 0 saturated carbocycles. The molecule has 156 valence electrons. The van der Waals surface area contributed by atoms with Gasteiger partial charge in [0.15, 0.2) is 6.61 Å². The molecule has 1 aromatic heterocycles. The molecule has 6 nitrogen and oxygen atoms in total. The van der Waals surface area contributed by atoms with E-state index >= 15 is 0 Å². The highest BCUT2D eigenvalue weighted by Crippen LogP contribution is 2.29. The van der Waals surface area contributed by atoms with Crippen molar-refractivity contribution in [3.05, 3.63) is 54.2 Å². The first-order valence-electron chi connectivity index (χ1n) is 10.4. The maximum absolute atomic E-state index is 12.4. The summed E-state index contributed by atoms with van der Waals surface area (Å²) in [4.78, 5) is 19.3. The number of aryl methyl sites for hydroxylation is 1. The second-order valence-corrected chi connectivity index (χ2v) is 7.58. The van der Waals surface area contributed by atoms with Crippen LogP contribution in [0.5, 0.6) is 11.5 Å². The van der Waals surface area contributed by atoms with Gasteiger partial charge in [0.1, 0.15) is 11.5 Å². The number of pyridine rings is 1. The molecule has 1 saturated heterocycles. The Kier molecular flexibility index (Phi) is 6.02. The molecule has 6 heteroatoms. The maximum atomic E-state index is 12.4. The molecule has 1 N–H and O–H groups in total. The number of hydrogen-bond acceptors (Lipinski definition) is 5. The predicted molar refractivity (Wildman–Crippen MR) is 120 cm³/mol. The Morgan fingerprint density at radius 1 is 1.07 bits per heavy atom. The van der Waals surface area contributed by atoms with Gasteiger partial charge >= 0.3 is 0 Å². The van der Waals surface area contributed by atoms with Crippen molar-refractivity contribution >= 4 is 28.2 Å². The Bertz CT molecular complexity index is 1030. The number of aromatic nitrogens is 1. The summed E-state index contributed by atoms with van der Waals surface area (Å²) in [6.45, 7) is 4.03. The highest BCUT2D eigenvalue weighted by molar-refractivity contribution is 5.93. The minimum atomic E-state index is -0.203. The molecule has 4 rings (SSSR count). The van der Waals surface area contributed by atoms with Crippen LogP contribution in [0.25, 0.3) is 10.9 Å². The number of anilines is 2. The predicted octanol–water partition coefficient (Wildman–Crippen LogP) is 4.56. The lowest BCUT2D eigenvalue weighted by atomic mass is 10.1. The van der Waals surface area contributed by atoms with Crippen LogP contribution in [0.1, 0.15) is 25.0 Å². The van der Waals surface area contributed by atoms with Crippen molar-refractivity contribution in [1.29, 1.82) is 0 Å². The number of carbonyl (C=O) groups excluding carboxylic acids is 1. The zero-order valence-corrected chi connectivity index (χ0v) is 17.5. The third-order valence-electron chi connectivity index (χ3n) is 5.34. The normalized spacial score (nSPS) is 13.9. The summed E-state index contributed by atoms with van der Waals surface area (Å²) < 4.78 is 11.1. The van der Waals surface area contributed by atoms with Crippen LogP contribution in [-0.2, 0) is 4.79 Å². The summed E-state index contributed by atoms with van der Waals surface area (Å²) in [5.41, 5.74) is 3.61. The number of amides is 1. The molecule has 0 bridgehead atoms. The monoisotopic (exact) mass is 405 g/mol. The van der Waals surface area contributed by atoms with E-state index in [0.717, 1.165) is 41.1 Å². The molecule has 0 atom stereocenters.